The van der Waals surface area contributed by atoms with Crippen molar-refractivity contribution in [2.75, 3.05) is 0 Å². The second-order valence-electron chi connectivity index (χ2n) is 5.16. The van der Waals surface area contributed by atoms with Gasteiger partial charge in [0.05, 0.1) is 12.2 Å². The lowest BCUT2D eigenvalue weighted by Gasteiger charge is -2.24. The van der Waals surface area contributed by atoms with Gasteiger partial charge in [0.2, 0.25) is 0 Å². The minimum absolute atomic E-state index is 0.237. The van der Waals surface area contributed by atoms with E-state index < -0.39 is 0 Å². The van der Waals surface area contributed by atoms with Crippen LogP contribution in [-0.4, -0.2) is 6.10 Å². The fourth-order valence-electron chi connectivity index (χ4n) is 2.65. The zero-order valence-electron chi connectivity index (χ0n) is 10.9. The molecule has 1 aromatic rings. The third-order valence-electron chi connectivity index (χ3n) is 3.72. The largest absolute Gasteiger partial charge is 0.371 e. The SMILES string of the molecule is CC(OC1CCCCCCC1)c1ccccc1. The molecule has 0 radical (unpaired) electrons. The fourth-order valence-corrected chi connectivity index (χ4v) is 2.65. The van der Waals surface area contributed by atoms with Crippen LogP contribution < -0.4 is 0 Å². The predicted octanol–water partition coefficient (Wildman–Crippen LogP) is 4.88. The first-order chi connectivity index (χ1) is 8.36. The van der Waals surface area contributed by atoms with E-state index in [1.807, 2.05) is 0 Å². The molecular weight excluding hydrogens is 208 g/mol. The van der Waals surface area contributed by atoms with E-state index in [2.05, 4.69) is 37.3 Å². The van der Waals surface area contributed by atoms with E-state index in [0.717, 1.165) is 0 Å². The van der Waals surface area contributed by atoms with Gasteiger partial charge in [0.25, 0.3) is 0 Å². The summed E-state index contributed by atoms with van der Waals surface area (Å²) in [5.74, 6) is 0. The molecule has 0 saturated heterocycles. The van der Waals surface area contributed by atoms with Gasteiger partial charge in [0.15, 0.2) is 0 Å². The Kier molecular flexibility index (Phi) is 5.06. The first-order valence-electron chi connectivity index (χ1n) is 7.06. The van der Waals surface area contributed by atoms with Crippen molar-refractivity contribution < 1.29 is 4.74 Å². The van der Waals surface area contributed by atoms with E-state index in [-0.39, 0.29) is 6.10 Å². The monoisotopic (exact) mass is 232 g/mol. The summed E-state index contributed by atoms with van der Waals surface area (Å²) in [7, 11) is 0. The maximum Gasteiger partial charge on any atom is 0.0800 e. The molecule has 0 N–H and O–H groups in total. The number of benzene rings is 1. The second-order valence-corrected chi connectivity index (χ2v) is 5.16. The van der Waals surface area contributed by atoms with Crippen molar-refractivity contribution in [3.63, 3.8) is 0 Å². The molecule has 1 saturated carbocycles. The van der Waals surface area contributed by atoms with Crippen molar-refractivity contribution in [2.24, 2.45) is 0 Å². The standard InChI is InChI=1S/C16H24O/c1-14(15-10-6-5-7-11-15)17-16-12-8-3-2-4-9-13-16/h5-7,10-11,14,16H,2-4,8-9,12-13H2,1H3. The zero-order valence-corrected chi connectivity index (χ0v) is 10.9. The van der Waals surface area contributed by atoms with Crippen LogP contribution in [0, 0.1) is 0 Å². The van der Waals surface area contributed by atoms with Crippen LogP contribution in [0.1, 0.15) is 63.5 Å². The Balaban J connectivity index is 1.86. The van der Waals surface area contributed by atoms with Gasteiger partial charge in [-0.05, 0) is 25.3 Å². The summed E-state index contributed by atoms with van der Waals surface area (Å²) in [6.45, 7) is 2.17. The molecule has 1 unspecified atom stereocenters. The lowest BCUT2D eigenvalue weighted by molar-refractivity contribution is -0.0166. The number of hydrogen-bond acceptors (Lipinski definition) is 1. The van der Waals surface area contributed by atoms with Gasteiger partial charge in [0.1, 0.15) is 0 Å². The predicted molar refractivity (Wildman–Crippen MR) is 72.0 cm³/mol. The van der Waals surface area contributed by atoms with Gasteiger partial charge in [-0.1, -0.05) is 62.4 Å². The Labute approximate surface area is 105 Å². The molecule has 0 amide bonds. The summed E-state index contributed by atoms with van der Waals surface area (Å²) >= 11 is 0. The lowest BCUT2D eigenvalue weighted by Crippen LogP contribution is -2.16. The van der Waals surface area contributed by atoms with Crippen molar-refractivity contribution in [2.45, 2.75) is 64.1 Å². The highest BCUT2D eigenvalue weighted by atomic mass is 16.5. The molecule has 17 heavy (non-hydrogen) atoms. The molecule has 0 aliphatic heterocycles. The Morgan fingerprint density at radius 3 is 2.18 bits per heavy atom. The first kappa shape index (κ1) is 12.6. The summed E-state index contributed by atoms with van der Waals surface area (Å²) in [5.41, 5.74) is 1.30. The minimum Gasteiger partial charge on any atom is -0.371 e. The van der Waals surface area contributed by atoms with Crippen LogP contribution in [0.3, 0.4) is 0 Å². The van der Waals surface area contributed by atoms with E-state index in [4.69, 9.17) is 4.74 Å². The van der Waals surface area contributed by atoms with Crippen LogP contribution in [0.4, 0.5) is 0 Å². The summed E-state index contributed by atoms with van der Waals surface area (Å²) in [6, 6.07) is 10.6. The molecule has 1 nitrogen and oxygen atoms in total. The van der Waals surface area contributed by atoms with Crippen molar-refractivity contribution in [1.82, 2.24) is 0 Å². The molecule has 1 aliphatic rings. The van der Waals surface area contributed by atoms with Crippen LogP contribution in [0.15, 0.2) is 30.3 Å². The van der Waals surface area contributed by atoms with E-state index in [0.29, 0.717) is 6.10 Å². The highest BCUT2D eigenvalue weighted by Crippen LogP contribution is 2.25. The number of ether oxygens (including phenoxy) is 1. The molecular formula is C16H24O. The van der Waals surface area contributed by atoms with Crippen molar-refractivity contribution in [3.8, 4) is 0 Å². The lowest BCUT2D eigenvalue weighted by atomic mass is 9.98. The van der Waals surface area contributed by atoms with Crippen LogP contribution in [0.5, 0.6) is 0 Å². The fraction of sp³-hybridized carbons (Fsp3) is 0.625. The van der Waals surface area contributed by atoms with Crippen molar-refractivity contribution in [1.29, 1.82) is 0 Å². The maximum absolute atomic E-state index is 6.21. The molecule has 0 heterocycles. The third-order valence-corrected chi connectivity index (χ3v) is 3.72. The number of hydrogen-bond donors (Lipinski definition) is 0. The van der Waals surface area contributed by atoms with Gasteiger partial charge < -0.3 is 4.74 Å². The van der Waals surface area contributed by atoms with Gasteiger partial charge in [-0.15, -0.1) is 0 Å². The van der Waals surface area contributed by atoms with Crippen LogP contribution in [0.2, 0.25) is 0 Å². The molecule has 2 rings (SSSR count). The van der Waals surface area contributed by atoms with Gasteiger partial charge in [0, 0.05) is 0 Å². The Morgan fingerprint density at radius 1 is 0.941 bits per heavy atom. The van der Waals surface area contributed by atoms with E-state index in [9.17, 15) is 0 Å². The summed E-state index contributed by atoms with van der Waals surface area (Å²) in [6.07, 6.45) is 10.1. The zero-order chi connectivity index (χ0) is 11.9. The smallest absolute Gasteiger partial charge is 0.0800 e. The molecule has 0 bridgehead atoms. The molecule has 0 spiro atoms. The van der Waals surface area contributed by atoms with E-state index in [1.54, 1.807) is 0 Å². The molecule has 1 aromatic carbocycles. The highest BCUT2D eigenvalue weighted by molar-refractivity contribution is 5.16. The van der Waals surface area contributed by atoms with E-state index >= 15 is 0 Å². The summed E-state index contributed by atoms with van der Waals surface area (Å²) in [5, 5.41) is 0. The molecule has 1 heteroatoms. The third kappa shape index (κ3) is 4.16. The van der Waals surface area contributed by atoms with E-state index in [1.165, 1.54) is 50.5 Å². The van der Waals surface area contributed by atoms with Crippen LogP contribution >= 0.6 is 0 Å². The maximum atomic E-state index is 6.21. The summed E-state index contributed by atoms with van der Waals surface area (Å²) < 4.78 is 6.21. The molecule has 1 fully saturated rings. The molecule has 1 aliphatic carbocycles. The minimum atomic E-state index is 0.237. The van der Waals surface area contributed by atoms with Crippen LogP contribution in [0.25, 0.3) is 0 Å². The molecule has 1 atom stereocenters. The van der Waals surface area contributed by atoms with Gasteiger partial charge >= 0.3 is 0 Å². The quantitative estimate of drug-likeness (QED) is 0.722. The van der Waals surface area contributed by atoms with Gasteiger partial charge in [-0.25, -0.2) is 0 Å². The normalized spacial score (nSPS) is 20.5. The van der Waals surface area contributed by atoms with Crippen LogP contribution in [-0.2, 0) is 4.74 Å². The van der Waals surface area contributed by atoms with Crippen molar-refractivity contribution in [3.05, 3.63) is 35.9 Å². The molecule has 0 aromatic heterocycles. The average molecular weight is 232 g/mol. The topological polar surface area (TPSA) is 9.23 Å². The second kappa shape index (κ2) is 6.80. The first-order valence-corrected chi connectivity index (χ1v) is 7.06. The van der Waals surface area contributed by atoms with Gasteiger partial charge in [-0.2, -0.15) is 0 Å². The Morgan fingerprint density at radius 2 is 1.53 bits per heavy atom. The Bertz CT molecular complexity index is 299. The number of rotatable bonds is 3. The highest BCUT2D eigenvalue weighted by Gasteiger charge is 2.15. The van der Waals surface area contributed by atoms with Crippen molar-refractivity contribution >= 4 is 0 Å². The average Bonchev–Trinajstić information content (AvgIpc) is 2.33. The summed E-state index contributed by atoms with van der Waals surface area (Å²) in [4.78, 5) is 0. The molecule has 94 valence electrons. The van der Waals surface area contributed by atoms with Gasteiger partial charge in [-0.3, -0.25) is 0 Å². The Hall–Kier alpha value is -0.820.